The summed E-state index contributed by atoms with van der Waals surface area (Å²) in [6, 6.07) is 3.46. The van der Waals surface area contributed by atoms with Gasteiger partial charge in [-0.1, -0.05) is 0 Å². The van der Waals surface area contributed by atoms with Crippen LogP contribution in [-0.2, 0) is 0 Å². The van der Waals surface area contributed by atoms with Crippen molar-refractivity contribution in [1.82, 2.24) is 10.6 Å². The molecule has 1 saturated heterocycles. The molecule has 0 radical (unpaired) electrons. The van der Waals surface area contributed by atoms with Crippen molar-refractivity contribution in [3.8, 4) is 11.5 Å². The lowest BCUT2D eigenvalue weighted by Gasteiger charge is -2.27. The molecule has 18 heavy (non-hydrogen) atoms. The van der Waals surface area contributed by atoms with E-state index in [1.54, 1.807) is 12.1 Å². The van der Waals surface area contributed by atoms with Crippen molar-refractivity contribution in [2.45, 2.75) is 0 Å². The molecule has 2 N–H and O–H groups in total. The van der Waals surface area contributed by atoms with Gasteiger partial charge in [-0.05, 0) is 28.1 Å². The summed E-state index contributed by atoms with van der Waals surface area (Å²) in [7, 11) is 0. The highest BCUT2D eigenvalue weighted by Crippen LogP contribution is 2.39. The molecule has 2 aliphatic heterocycles. The normalized spacial score (nSPS) is 17.4. The summed E-state index contributed by atoms with van der Waals surface area (Å²) in [6.45, 7) is 2.86. The molecule has 0 unspecified atom stereocenters. The van der Waals surface area contributed by atoms with Crippen LogP contribution in [0.1, 0.15) is 10.4 Å². The molecule has 3 rings (SSSR count). The molecule has 0 bridgehead atoms. The van der Waals surface area contributed by atoms with E-state index in [1.807, 2.05) is 0 Å². The maximum atomic E-state index is 12.0. The fraction of sp³-hybridized carbons (Fsp3) is 0.417. The molecular formula is C12H13BrN2O3. The lowest BCUT2D eigenvalue weighted by molar-refractivity contribution is 0.0941. The molecule has 0 atom stereocenters. The summed E-state index contributed by atoms with van der Waals surface area (Å²) >= 11 is 3.38. The SMILES string of the molecule is O=C(NCC1CNC1)c1cc(Br)c2c(c1)OCO2. The second-order valence-corrected chi connectivity index (χ2v) is 5.28. The Morgan fingerprint density at radius 2 is 2.28 bits per heavy atom. The van der Waals surface area contributed by atoms with E-state index in [0.29, 0.717) is 29.5 Å². The van der Waals surface area contributed by atoms with Crippen molar-refractivity contribution < 1.29 is 14.3 Å². The van der Waals surface area contributed by atoms with Gasteiger partial charge in [0.05, 0.1) is 4.47 Å². The first-order chi connectivity index (χ1) is 8.74. The van der Waals surface area contributed by atoms with Gasteiger partial charge in [-0.2, -0.15) is 0 Å². The van der Waals surface area contributed by atoms with Crippen LogP contribution in [0.4, 0.5) is 0 Å². The van der Waals surface area contributed by atoms with E-state index in [0.717, 1.165) is 17.6 Å². The summed E-state index contributed by atoms with van der Waals surface area (Å²) in [5.74, 6) is 1.74. The first-order valence-corrected chi connectivity index (χ1v) is 6.61. The minimum absolute atomic E-state index is 0.0825. The van der Waals surface area contributed by atoms with Gasteiger partial charge in [-0.3, -0.25) is 4.79 Å². The molecule has 2 heterocycles. The predicted molar refractivity (Wildman–Crippen MR) is 69.0 cm³/mol. The highest BCUT2D eigenvalue weighted by molar-refractivity contribution is 9.10. The maximum absolute atomic E-state index is 12.0. The van der Waals surface area contributed by atoms with Gasteiger partial charge in [0.15, 0.2) is 11.5 Å². The molecule has 0 saturated carbocycles. The lowest BCUT2D eigenvalue weighted by Crippen LogP contribution is -2.48. The quantitative estimate of drug-likeness (QED) is 0.878. The summed E-state index contributed by atoms with van der Waals surface area (Å²) in [6.07, 6.45) is 0. The van der Waals surface area contributed by atoms with Crippen LogP contribution in [0.15, 0.2) is 16.6 Å². The van der Waals surface area contributed by atoms with E-state index in [9.17, 15) is 4.79 Å². The second kappa shape index (κ2) is 4.78. The van der Waals surface area contributed by atoms with E-state index < -0.39 is 0 Å². The number of fused-ring (bicyclic) bond motifs is 1. The first-order valence-electron chi connectivity index (χ1n) is 5.82. The Bertz CT molecular complexity index is 488. The van der Waals surface area contributed by atoms with Gasteiger partial charge in [0.1, 0.15) is 0 Å². The molecule has 1 aromatic carbocycles. The summed E-state index contributed by atoms with van der Waals surface area (Å²) in [5, 5.41) is 6.10. The van der Waals surface area contributed by atoms with Gasteiger partial charge in [0.25, 0.3) is 5.91 Å². The van der Waals surface area contributed by atoms with E-state index in [1.165, 1.54) is 0 Å². The fourth-order valence-electron chi connectivity index (χ4n) is 1.93. The van der Waals surface area contributed by atoms with E-state index in [4.69, 9.17) is 9.47 Å². The van der Waals surface area contributed by atoms with Gasteiger partial charge in [0.2, 0.25) is 6.79 Å². The van der Waals surface area contributed by atoms with Gasteiger partial charge in [0, 0.05) is 31.1 Å². The number of ether oxygens (including phenoxy) is 2. The van der Waals surface area contributed by atoms with Crippen molar-refractivity contribution in [1.29, 1.82) is 0 Å². The third-order valence-electron chi connectivity index (χ3n) is 3.11. The second-order valence-electron chi connectivity index (χ2n) is 4.43. The number of amides is 1. The summed E-state index contributed by atoms with van der Waals surface area (Å²) < 4.78 is 11.3. The van der Waals surface area contributed by atoms with Crippen LogP contribution in [0.25, 0.3) is 0 Å². The van der Waals surface area contributed by atoms with Crippen molar-refractivity contribution in [3.05, 3.63) is 22.2 Å². The standard InChI is InChI=1S/C12H13BrN2O3/c13-9-1-8(2-10-11(9)18-6-17-10)12(16)15-5-7-3-14-4-7/h1-2,7,14H,3-6H2,(H,15,16). The Hall–Kier alpha value is -1.27. The molecule has 6 heteroatoms. The molecule has 5 nitrogen and oxygen atoms in total. The third-order valence-corrected chi connectivity index (χ3v) is 3.70. The molecule has 96 valence electrons. The number of hydrogen-bond acceptors (Lipinski definition) is 4. The van der Waals surface area contributed by atoms with Gasteiger partial charge < -0.3 is 20.1 Å². The summed E-state index contributed by atoms with van der Waals surface area (Å²) in [5.41, 5.74) is 0.582. The van der Waals surface area contributed by atoms with Crippen molar-refractivity contribution in [3.63, 3.8) is 0 Å². The lowest BCUT2D eigenvalue weighted by atomic mass is 10.0. The Balaban J connectivity index is 1.71. The smallest absolute Gasteiger partial charge is 0.251 e. The molecule has 0 aliphatic carbocycles. The number of hydrogen-bond donors (Lipinski definition) is 2. The number of nitrogens with one attached hydrogen (secondary N) is 2. The Kier molecular flexibility index (Phi) is 3.13. The molecule has 0 aromatic heterocycles. The van der Waals surface area contributed by atoms with Crippen LogP contribution in [0, 0.1) is 5.92 Å². The average Bonchev–Trinajstić information content (AvgIpc) is 2.75. The van der Waals surface area contributed by atoms with Gasteiger partial charge in [-0.15, -0.1) is 0 Å². The molecule has 1 fully saturated rings. The largest absolute Gasteiger partial charge is 0.454 e. The van der Waals surface area contributed by atoms with Crippen LogP contribution in [0.2, 0.25) is 0 Å². The number of halogens is 1. The number of carbonyl (C=O) groups excluding carboxylic acids is 1. The minimum Gasteiger partial charge on any atom is -0.454 e. The van der Waals surface area contributed by atoms with Crippen LogP contribution in [0.5, 0.6) is 11.5 Å². The Morgan fingerprint density at radius 1 is 1.44 bits per heavy atom. The van der Waals surface area contributed by atoms with Crippen LogP contribution in [-0.4, -0.2) is 32.3 Å². The number of rotatable bonds is 3. The highest BCUT2D eigenvalue weighted by Gasteiger charge is 2.21. The minimum atomic E-state index is -0.0825. The van der Waals surface area contributed by atoms with E-state index in [-0.39, 0.29) is 12.7 Å². The first kappa shape index (κ1) is 11.8. The molecule has 2 aliphatic rings. The monoisotopic (exact) mass is 312 g/mol. The van der Waals surface area contributed by atoms with Gasteiger partial charge >= 0.3 is 0 Å². The van der Waals surface area contributed by atoms with Gasteiger partial charge in [-0.25, -0.2) is 0 Å². The Labute approximate surface area is 113 Å². The zero-order chi connectivity index (χ0) is 12.5. The molecule has 0 spiro atoms. The van der Waals surface area contributed by atoms with Crippen molar-refractivity contribution in [2.75, 3.05) is 26.4 Å². The molecule has 1 aromatic rings. The molecule has 1 amide bonds. The molecular weight excluding hydrogens is 300 g/mol. The van der Waals surface area contributed by atoms with E-state index in [2.05, 4.69) is 26.6 Å². The zero-order valence-electron chi connectivity index (χ0n) is 9.66. The van der Waals surface area contributed by atoms with Crippen molar-refractivity contribution in [2.24, 2.45) is 5.92 Å². The fourth-order valence-corrected chi connectivity index (χ4v) is 2.49. The summed E-state index contributed by atoms with van der Waals surface area (Å²) in [4.78, 5) is 12.0. The van der Waals surface area contributed by atoms with E-state index >= 15 is 0 Å². The topological polar surface area (TPSA) is 59.6 Å². The maximum Gasteiger partial charge on any atom is 0.251 e. The predicted octanol–water partition coefficient (Wildman–Crippen LogP) is 1.13. The van der Waals surface area contributed by atoms with Crippen LogP contribution < -0.4 is 20.1 Å². The van der Waals surface area contributed by atoms with Crippen LogP contribution in [0.3, 0.4) is 0 Å². The average molecular weight is 313 g/mol. The number of carbonyl (C=O) groups is 1. The highest BCUT2D eigenvalue weighted by atomic mass is 79.9. The zero-order valence-corrected chi connectivity index (χ0v) is 11.2. The number of benzene rings is 1. The Morgan fingerprint density at radius 3 is 3.00 bits per heavy atom. The third kappa shape index (κ3) is 2.18. The van der Waals surface area contributed by atoms with Crippen LogP contribution >= 0.6 is 15.9 Å². The van der Waals surface area contributed by atoms with Crippen molar-refractivity contribution >= 4 is 21.8 Å².